The number of rotatable bonds is 9. The molecule has 0 amide bonds. The fraction of sp³-hybridized carbons (Fsp3) is 0.526. The molecule has 1 aliphatic carbocycles. The van der Waals surface area contributed by atoms with Crippen molar-refractivity contribution in [3.8, 4) is 5.75 Å². The maximum atomic E-state index is 6.20. The second kappa shape index (κ2) is 9.33. The van der Waals surface area contributed by atoms with Gasteiger partial charge in [-0.25, -0.2) is 4.99 Å². The van der Waals surface area contributed by atoms with Gasteiger partial charge >= 0.3 is 0 Å². The van der Waals surface area contributed by atoms with E-state index in [4.69, 9.17) is 10.5 Å². The minimum atomic E-state index is 0.0948. The van der Waals surface area contributed by atoms with Gasteiger partial charge in [-0.2, -0.15) is 4.99 Å². The summed E-state index contributed by atoms with van der Waals surface area (Å²) in [5.74, 6) is 2.96. The average Bonchev–Trinajstić information content (AvgIpc) is 3.45. The van der Waals surface area contributed by atoms with E-state index in [2.05, 4.69) is 52.2 Å². The van der Waals surface area contributed by atoms with Crippen LogP contribution in [0.4, 0.5) is 0 Å². The Morgan fingerprint density at radius 2 is 2.15 bits per heavy atom. The predicted molar refractivity (Wildman–Crippen MR) is 107 cm³/mol. The highest BCUT2D eigenvalue weighted by Gasteiger charge is 2.26. The van der Waals surface area contributed by atoms with Crippen LogP contribution in [0.2, 0.25) is 0 Å². The molecule has 0 spiro atoms. The fourth-order valence-electron chi connectivity index (χ4n) is 2.50. The second-order valence-corrected chi connectivity index (χ2v) is 6.74. The van der Waals surface area contributed by atoms with Crippen LogP contribution in [0.25, 0.3) is 0 Å². The summed E-state index contributed by atoms with van der Waals surface area (Å²) in [6.07, 6.45) is 4.33. The number of aliphatic imine (C=N–C) groups is 2. The third-order valence-corrected chi connectivity index (χ3v) is 4.19. The summed E-state index contributed by atoms with van der Waals surface area (Å²) in [4.78, 5) is 12.5. The summed E-state index contributed by atoms with van der Waals surface area (Å²) in [6, 6.07) is 2.06. The summed E-state index contributed by atoms with van der Waals surface area (Å²) in [7, 11) is 1.89. The smallest absolute Gasteiger partial charge is 0.221 e. The summed E-state index contributed by atoms with van der Waals surface area (Å²) in [5.41, 5.74) is 7.89. The van der Waals surface area contributed by atoms with Gasteiger partial charge in [-0.05, 0) is 39.4 Å². The zero-order chi connectivity index (χ0) is 19.1. The third-order valence-electron chi connectivity index (χ3n) is 4.19. The largest absolute Gasteiger partial charge is 0.458 e. The van der Waals surface area contributed by atoms with E-state index in [1.54, 1.807) is 0 Å². The van der Waals surface area contributed by atoms with Crippen LogP contribution in [0.5, 0.6) is 5.75 Å². The van der Waals surface area contributed by atoms with Gasteiger partial charge in [0.1, 0.15) is 11.5 Å². The van der Waals surface area contributed by atoms with Crippen molar-refractivity contribution < 1.29 is 4.74 Å². The van der Waals surface area contributed by atoms with Crippen LogP contribution in [-0.4, -0.2) is 37.8 Å². The third kappa shape index (κ3) is 5.56. The maximum Gasteiger partial charge on any atom is 0.221 e. The summed E-state index contributed by atoms with van der Waals surface area (Å²) in [5, 5.41) is 6.31. The number of hydrogen-bond donors (Lipinski definition) is 3. The lowest BCUT2D eigenvalue weighted by Gasteiger charge is -2.17. The van der Waals surface area contributed by atoms with Crippen molar-refractivity contribution in [2.75, 3.05) is 20.1 Å². The van der Waals surface area contributed by atoms with Gasteiger partial charge in [-0.15, -0.1) is 0 Å². The number of guanidine groups is 1. The predicted octanol–water partition coefficient (Wildman–Crippen LogP) is 2.47. The van der Waals surface area contributed by atoms with E-state index in [-0.39, 0.29) is 5.96 Å². The molecule has 0 aliphatic heterocycles. The fourth-order valence-corrected chi connectivity index (χ4v) is 2.50. The number of allylic oxidation sites excluding steroid dienone is 1. The minimum absolute atomic E-state index is 0.0948. The molecule has 1 fully saturated rings. The molecule has 0 aromatic carbocycles. The Morgan fingerprint density at radius 3 is 2.73 bits per heavy atom. The van der Waals surface area contributed by atoms with Crippen molar-refractivity contribution >= 4 is 12.7 Å². The molecule has 0 atom stereocenters. The van der Waals surface area contributed by atoms with Gasteiger partial charge in [0.15, 0.2) is 5.82 Å². The van der Waals surface area contributed by atoms with Crippen LogP contribution in [0, 0.1) is 0 Å². The minimum Gasteiger partial charge on any atom is -0.458 e. The monoisotopic (exact) mass is 358 g/mol. The molecule has 0 radical (unpaired) electrons. The molecule has 1 aliphatic rings. The number of ether oxygens (including phenoxy) is 1. The van der Waals surface area contributed by atoms with Crippen LogP contribution < -0.4 is 21.1 Å². The summed E-state index contributed by atoms with van der Waals surface area (Å²) >= 11 is 0. The standard InChI is InChI=1S/C19H30N6O/c1-12(2)15-11-24-16(14-6-7-14)10-17(15)26-13(3)18(23-9-8-21-4)25-19(20)22-5/h10-12,14,21,23H,5-9H2,1-4H3,(H2,20,25)/b18-13+. The van der Waals surface area contributed by atoms with Crippen molar-refractivity contribution in [3.63, 3.8) is 0 Å². The number of aromatic nitrogens is 1. The van der Waals surface area contributed by atoms with E-state index in [0.29, 0.717) is 30.0 Å². The van der Waals surface area contributed by atoms with Gasteiger partial charge in [0.2, 0.25) is 5.96 Å². The molecule has 4 N–H and O–H groups in total. The SMILES string of the molecule is C=N/C(N)=N\C(NCCNC)=C(/C)Oc1cc(C2CC2)ncc1C(C)C. The maximum absolute atomic E-state index is 6.20. The van der Waals surface area contributed by atoms with Crippen molar-refractivity contribution in [3.05, 3.63) is 35.1 Å². The highest BCUT2D eigenvalue weighted by molar-refractivity contribution is 5.83. The molecule has 1 aromatic heterocycles. The van der Waals surface area contributed by atoms with E-state index in [1.165, 1.54) is 12.8 Å². The van der Waals surface area contributed by atoms with Crippen LogP contribution >= 0.6 is 0 Å². The van der Waals surface area contributed by atoms with E-state index in [9.17, 15) is 0 Å². The first-order valence-corrected chi connectivity index (χ1v) is 9.04. The van der Waals surface area contributed by atoms with Crippen LogP contribution in [0.3, 0.4) is 0 Å². The molecule has 1 saturated carbocycles. The first-order valence-electron chi connectivity index (χ1n) is 9.04. The lowest BCUT2D eigenvalue weighted by molar-refractivity contribution is 0.405. The average molecular weight is 358 g/mol. The molecular formula is C19H30N6O. The van der Waals surface area contributed by atoms with Crippen LogP contribution in [0.1, 0.15) is 56.7 Å². The Kier molecular flexibility index (Phi) is 7.15. The van der Waals surface area contributed by atoms with Gasteiger partial charge in [-0.1, -0.05) is 13.8 Å². The Morgan fingerprint density at radius 1 is 1.42 bits per heavy atom. The topological polar surface area (TPSA) is 96.9 Å². The number of nitrogens with zero attached hydrogens (tertiary/aromatic N) is 3. The molecule has 1 heterocycles. The number of likely N-dealkylation sites (N-methyl/N-ethyl adjacent to an activating group) is 1. The van der Waals surface area contributed by atoms with Crippen molar-refractivity contribution in [2.24, 2.45) is 15.7 Å². The van der Waals surface area contributed by atoms with Crippen molar-refractivity contribution in [1.29, 1.82) is 0 Å². The normalized spacial score (nSPS) is 15.7. The van der Waals surface area contributed by atoms with E-state index >= 15 is 0 Å². The Labute approximate surface area is 155 Å². The Hall–Kier alpha value is -2.41. The van der Waals surface area contributed by atoms with E-state index in [0.717, 1.165) is 23.6 Å². The zero-order valence-electron chi connectivity index (χ0n) is 16.2. The van der Waals surface area contributed by atoms with E-state index in [1.807, 2.05) is 20.2 Å². The Balaban J connectivity index is 2.32. The molecule has 0 unspecified atom stereocenters. The van der Waals surface area contributed by atoms with Crippen molar-refractivity contribution in [2.45, 2.75) is 45.4 Å². The van der Waals surface area contributed by atoms with Crippen LogP contribution in [-0.2, 0) is 0 Å². The first-order chi connectivity index (χ1) is 12.5. The van der Waals surface area contributed by atoms with Gasteiger partial charge in [-0.3, -0.25) is 4.98 Å². The lowest BCUT2D eigenvalue weighted by Crippen LogP contribution is -2.26. The molecule has 0 bridgehead atoms. The van der Waals surface area contributed by atoms with Gasteiger partial charge in [0.25, 0.3) is 0 Å². The number of nitrogens with two attached hydrogens (primary N) is 1. The van der Waals surface area contributed by atoms with Gasteiger partial charge in [0.05, 0.1) is 0 Å². The molecular weight excluding hydrogens is 328 g/mol. The van der Waals surface area contributed by atoms with Gasteiger partial charge in [0, 0.05) is 42.5 Å². The Bertz CT molecular complexity index is 691. The van der Waals surface area contributed by atoms with Crippen LogP contribution in [0.15, 0.2) is 33.8 Å². The number of nitrogens with one attached hydrogen (secondary N) is 2. The highest BCUT2D eigenvalue weighted by Crippen LogP contribution is 2.41. The highest BCUT2D eigenvalue weighted by atomic mass is 16.5. The molecule has 2 rings (SSSR count). The molecule has 0 saturated heterocycles. The quantitative estimate of drug-likeness (QED) is 0.273. The number of hydrogen-bond acceptors (Lipinski definition) is 5. The second-order valence-electron chi connectivity index (χ2n) is 6.74. The molecule has 142 valence electrons. The van der Waals surface area contributed by atoms with Crippen molar-refractivity contribution in [1.82, 2.24) is 15.6 Å². The van der Waals surface area contributed by atoms with E-state index < -0.39 is 0 Å². The molecule has 7 heteroatoms. The molecule has 1 aromatic rings. The zero-order valence-corrected chi connectivity index (χ0v) is 16.2. The number of pyridine rings is 1. The summed E-state index contributed by atoms with van der Waals surface area (Å²) in [6.45, 7) is 11.0. The lowest BCUT2D eigenvalue weighted by atomic mass is 10.0. The first kappa shape index (κ1) is 19.9. The molecule has 26 heavy (non-hydrogen) atoms. The molecule has 7 nitrogen and oxygen atoms in total. The van der Waals surface area contributed by atoms with Gasteiger partial charge < -0.3 is 21.1 Å². The summed E-state index contributed by atoms with van der Waals surface area (Å²) < 4.78 is 6.20.